The molecule has 11 heteroatoms. The molecular formula is C21H22N6O5. The summed E-state index contributed by atoms with van der Waals surface area (Å²) in [6, 6.07) is 6.91. The molecule has 0 aliphatic rings. The number of amides is 2. The van der Waals surface area contributed by atoms with Crippen molar-refractivity contribution in [2.24, 2.45) is 14.1 Å². The van der Waals surface area contributed by atoms with Gasteiger partial charge in [0.1, 0.15) is 18.9 Å². The Labute approximate surface area is 182 Å². The second-order valence-electron chi connectivity index (χ2n) is 6.88. The predicted octanol–water partition coefficient (Wildman–Crippen LogP) is -0.409. The average Bonchev–Trinajstić information content (AvgIpc) is 3.16. The van der Waals surface area contributed by atoms with Gasteiger partial charge in [-0.3, -0.25) is 23.5 Å². The molecule has 0 radical (unpaired) electrons. The van der Waals surface area contributed by atoms with E-state index in [0.717, 1.165) is 4.57 Å². The number of benzene rings is 1. The molecule has 3 aromatic rings. The number of carbonyl (C=O) groups excluding carboxylic acids is 2. The fourth-order valence-electron chi connectivity index (χ4n) is 2.97. The molecule has 0 aliphatic heterocycles. The summed E-state index contributed by atoms with van der Waals surface area (Å²) in [4.78, 5) is 51.7. The van der Waals surface area contributed by atoms with Crippen LogP contribution < -0.4 is 26.6 Å². The van der Waals surface area contributed by atoms with Crippen LogP contribution in [0, 0.1) is 11.8 Å². The van der Waals surface area contributed by atoms with Gasteiger partial charge in [-0.15, -0.1) is 0 Å². The highest BCUT2D eigenvalue weighted by Gasteiger charge is 2.15. The molecule has 1 aromatic carbocycles. The zero-order valence-electron chi connectivity index (χ0n) is 17.8. The molecule has 11 nitrogen and oxygen atoms in total. The summed E-state index contributed by atoms with van der Waals surface area (Å²) < 4.78 is 9.11. The van der Waals surface area contributed by atoms with Gasteiger partial charge in [-0.25, -0.2) is 9.78 Å². The first-order valence-corrected chi connectivity index (χ1v) is 9.61. The minimum absolute atomic E-state index is 0.0945. The zero-order chi connectivity index (χ0) is 23.3. The highest BCUT2D eigenvalue weighted by atomic mass is 16.5. The number of imidazole rings is 1. The number of hydrogen-bond donors (Lipinski definition) is 2. The zero-order valence-corrected chi connectivity index (χ0v) is 17.8. The quantitative estimate of drug-likeness (QED) is 0.504. The molecule has 0 saturated heterocycles. The largest absolute Gasteiger partial charge is 0.481 e. The summed E-state index contributed by atoms with van der Waals surface area (Å²) in [5.41, 5.74) is -0.00210. The van der Waals surface area contributed by atoms with Crippen molar-refractivity contribution in [3.8, 4) is 17.6 Å². The van der Waals surface area contributed by atoms with Crippen molar-refractivity contribution >= 4 is 28.7 Å². The molecule has 2 N–H and O–H groups in total. The van der Waals surface area contributed by atoms with Crippen LogP contribution in [-0.2, 0) is 30.2 Å². The van der Waals surface area contributed by atoms with Crippen LogP contribution in [0.3, 0.4) is 0 Å². The van der Waals surface area contributed by atoms with Crippen LogP contribution in [0.4, 0.5) is 5.69 Å². The van der Waals surface area contributed by atoms with Crippen LogP contribution in [0.25, 0.3) is 11.2 Å². The average molecular weight is 438 g/mol. The highest BCUT2D eigenvalue weighted by Crippen LogP contribution is 2.16. The standard InChI is InChI=1S/C21H22N6O5/c1-14(28)24-15-7-6-8-16(11-15)32-10-5-4-9-22-17(29)12-27-13-23-19-18(27)20(30)26(3)21(31)25(19)2/h6-8,11,13H,9-10,12H2,1-3H3,(H,22,29)(H,24,28). The monoisotopic (exact) mass is 438 g/mol. The lowest BCUT2D eigenvalue weighted by molar-refractivity contribution is -0.121. The van der Waals surface area contributed by atoms with E-state index in [1.54, 1.807) is 24.3 Å². The molecule has 166 valence electrons. The molecule has 3 rings (SSSR count). The Morgan fingerprint density at radius 2 is 1.94 bits per heavy atom. The number of hydrogen-bond acceptors (Lipinski definition) is 6. The van der Waals surface area contributed by atoms with Gasteiger partial charge in [0, 0.05) is 32.8 Å². The number of ether oxygens (including phenoxy) is 1. The second-order valence-corrected chi connectivity index (χ2v) is 6.88. The molecule has 2 aromatic heterocycles. The first-order chi connectivity index (χ1) is 15.3. The smallest absolute Gasteiger partial charge is 0.332 e. The van der Waals surface area contributed by atoms with Crippen LogP contribution >= 0.6 is 0 Å². The van der Waals surface area contributed by atoms with Gasteiger partial charge in [-0.05, 0) is 12.1 Å². The van der Waals surface area contributed by atoms with Crippen LogP contribution in [0.15, 0.2) is 40.2 Å². The Bertz CT molecular complexity index is 1350. The van der Waals surface area contributed by atoms with Crippen LogP contribution in [0.2, 0.25) is 0 Å². The number of nitrogens with zero attached hydrogens (tertiary/aromatic N) is 4. The van der Waals surface area contributed by atoms with E-state index in [9.17, 15) is 19.2 Å². The number of aryl methyl sites for hydroxylation is 1. The maximum Gasteiger partial charge on any atom is 0.332 e. The fraction of sp³-hybridized carbons (Fsp3) is 0.286. The molecule has 0 saturated carbocycles. The maximum absolute atomic E-state index is 12.4. The first kappa shape index (κ1) is 22.4. The van der Waals surface area contributed by atoms with Gasteiger partial charge >= 0.3 is 5.69 Å². The van der Waals surface area contributed by atoms with Gasteiger partial charge in [0.05, 0.1) is 12.9 Å². The number of nitrogens with one attached hydrogen (secondary N) is 2. The lowest BCUT2D eigenvalue weighted by Crippen LogP contribution is -2.38. The molecule has 0 unspecified atom stereocenters. The Morgan fingerprint density at radius 1 is 1.16 bits per heavy atom. The Kier molecular flexibility index (Phi) is 6.74. The van der Waals surface area contributed by atoms with Crippen molar-refractivity contribution in [1.82, 2.24) is 24.0 Å². The maximum atomic E-state index is 12.4. The van der Waals surface area contributed by atoms with E-state index < -0.39 is 11.2 Å². The topological polar surface area (TPSA) is 129 Å². The lowest BCUT2D eigenvalue weighted by Gasteiger charge is -2.06. The van der Waals surface area contributed by atoms with Crippen LogP contribution in [-0.4, -0.2) is 43.7 Å². The molecule has 0 bridgehead atoms. The molecule has 0 atom stereocenters. The third kappa shape index (κ3) is 5.04. The van der Waals surface area contributed by atoms with Crippen LogP contribution in [0.1, 0.15) is 6.92 Å². The van der Waals surface area contributed by atoms with Gasteiger partial charge < -0.3 is 19.9 Å². The highest BCUT2D eigenvalue weighted by molar-refractivity contribution is 5.88. The molecular weight excluding hydrogens is 416 g/mol. The molecule has 0 fully saturated rings. The summed E-state index contributed by atoms with van der Waals surface area (Å²) in [5, 5.41) is 5.30. The minimum Gasteiger partial charge on any atom is -0.481 e. The van der Waals surface area contributed by atoms with E-state index in [-0.39, 0.29) is 42.7 Å². The predicted molar refractivity (Wildman–Crippen MR) is 117 cm³/mol. The Hall–Kier alpha value is -4.33. The van der Waals surface area contributed by atoms with Crippen molar-refractivity contribution in [2.75, 3.05) is 18.5 Å². The molecule has 2 heterocycles. The number of anilines is 1. The van der Waals surface area contributed by atoms with Crippen molar-refractivity contribution in [2.45, 2.75) is 13.5 Å². The van der Waals surface area contributed by atoms with E-state index in [0.29, 0.717) is 11.4 Å². The molecule has 2 amide bonds. The normalized spacial score (nSPS) is 10.3. The van der Waals surface area contributed by atoms with Gasteiger partial charge in [0.15, 0.2) is 11.2 Å². The summed E-state index contributed by atoms with van der Waals surface area (Å²) in [5.74, 6) is 5.57. The number of carbonyl (C=O) groups is 2. The van der Waals surface area contributed by atoms with Crippen molar-refractivity contribution in [3.05, 3.63) is 51.4 Å². The van der Waals surface area contributed by atoms with E-state index in [4.69, 9.17) is 4.74 Å². The summed E-state index contributed by atoms with van der Waals surface area (Å²) >= 11 is 0. The number of aromatic nitrogens is 4. The Balaban J connectivity index is 1.53. The van der Waals surface area contributed by atoms with E-state index in [1.165, 1.54) is 36.5 Å². The third-order valence-corrected chi connectivity index (χ3v) is 4.50. The summed E-state index contributed by atoms with van der Waals surface area (Å²) in [6.45, 7) is 1.48. The van der Waals surface area contributed by atoms with Crippen molar-refractivity contribution in [3.63, 3.8) is 0 Å². The summed E-state index contributed by atoms with van der Waals surface area (Å²) in [7, 11) is 2.88. The lowest BCUT2D eigenvalue weighted by atomic mass is 10.3. The van der Waals surface area contributed by atoms with Gasteiger partial charge in [0.25, 0.3) is 5.56 Å². The first-order valence-electron chi connectivity index (χ1n) is 9.61. The van der Waals surface area contributed by atoms with E-state index >= 15 is 0 Å². The molecule has 32 heavy (non-hydrogen) atoms. The fourth-order valence-corrected chi connectivity index (χ4v) is 2.97. The van der Waals surface area contributed by atoms with E-state index in [1.807, 2.05) is 0 Å². The molecule has 0 spiro atoms. The van der Waals surface area contributed by atoms with Gasteiger partial charge in [-0.1, -0.05) is 17.9 Å². The SMILES string of the molecule is CC(=O)Nc1cccc(OCC#CCNC(=O)Cn2cnc3c2c(=O)n(C)c(=O)n3C)c1. The van der Waals surface area contributed by atoms with Crippen molar-refractivity contribution in [1.29, 1.82) is 0 Å². The van der Waals surface area contributed by atoms with Crippen LogP contribution in [0.5, 0.6) is 5.75 Å². The van der Waals surface area contributed by atoms with Crippen molar-refractivity contribution < 1.29 is 14.3 Å². The third-order valence-electron chi connectivity index (χ3n) is 4.50. The second kappa shape index (κ2) is 9.65. The van der Waals surface area contributed by atoms with E-state index in [2.05, 4.69) is 27.5 Å². The molecule has 0 aliphatic carbocycles. The van der Waals surface area contributed by atoms with Gasteiger partial charge in [-0.2, -0.15) is 0 Å². The number of fused-ring (bicyclic) bond motifs is 1. The van der Waals surface area contributed by atoms with Gasteiger partial charge in [0.2, 0.25) is 11.8 Å². The minimum atomic E-state index is -0.520. The Morgan fingerprint density at radius 3 is 2.69 bits per heavy atom. The number of rotatable bonds is 6. The summed E-state index contributed by atoms with van der Waals surface area (Å²) in [6.07, 6.45) is 1.35.